The molecule has 0 spiro atoms. The maximum Gasteiger partial charge on any atom is 0.248 e. The van der Waals surface area contributed by atoms with Gasteiger partial charge in [-0.2, -0.15) is 0 Å². The summed E-state index contributed by atoms with van der Waals surface area (Å²) in [6, 6.07) is 77.2. The minimum Gasteiger partial charge on any atom is -0.455 e. The lowest BCUT2D eigenvalue weighted by Crippen LogP contribution is -1.86. The number of benzene rings is 10. The Morgan fingerprint density at radius 2 is 0.710 bits per heavy atom. The van der Waals surface area contributed by atoms with E-state index < -0.39 is 0 Å². The van der Waals surface area contributed by atoms with Gasteiger partial charge in [-0.15, -0.1) is 10.2 Å². The van der Waals surface area contributed by atoms with E-state index in [1.165, 1.54) is 43.8 Å². The van der Waals surface area contributed by atoms with Gasteiger partial charge in [-0.1, -0.05) is 170 Å². The molecule has 12 aromatic rings. The SMILES string of the molecule is c1ccc(-c2nnc(-c3ccc(-c4cc(-c5ccc(-c6cccc7ccccc67)cc5)cc5c4oc4ccc(-c6ccc(-c7cccc8ccccc78)cc6)cc45)cc3)o2)cc1. The van der Waals surface area contributed by atoms with E-state index in [1.807, 2.05) is 42.5 Å². The van der Waals surface area contributed by atoms with Crippen molar-refractivity contribution in [3.05, 3.63) is 218 Å². The van der Waals surface area contributed by atoms with Crippen molar-refractivity contribution in [3.8, 4) is 78.5 Å². The molecule has 0 saturated heterocycles. The molecular weight excluding hydrogens is 757 g/mol. The highest BCUT2D eigenvalue weighted by Gasteiger charge is 2.18. The average Bonchev–Trinajstić information content (AvgIpc) is 4.00. The molecule has 4 nitrogen and oxygen atoms in total. The van der Waals surface area contributed by atoms with E-state index in [0.717, 1.165) is 66.4 Å². The van der Waals surface area contributed by atoms with Gasteiger partial charge in [-0.25, -0.2) is 0 Å². The molecule has 62 heavy (non-hydrogen) atoms. The number of fused-ring (bicyclic) bond motifs is 5. The highest BCUT2D eigenvalue weighted by Crippen LogP contribution is 2.42. The molecule has 0 N–H and O–H groups in total. The third-order valence-corrected chi connectivity index (χ3v) is 12.1. The van der Waals surface area contributed by atoms with Gasteiger partial charge in [-0.3, -0.25) is 0 Å². The average molecular weight is 793 g/mol. The van der Waals surface area contributed by atoms with Crippen molar-refractivity contribution in [1.82, 2.24) is 10.2 Å². The van der Waals surface area contributed by atoms with Gasteiger partial charge in [0, 0.05) is 27.5 Å². The Bertz CT molecular complexity index is 3590. The highest BCUT2D eigenvalue weighted by atomic mass is 16.4. The summed E-state index contributed by atoms with van der Waals surface area (Å²) in [4.78, 5) is 0. The van der Waals surface area contributed by atoms with Gasteiger partial charge < -0.3 is 8.83 Å². The Labute approximate surface area is 358 Å². The van der Waals surface area contributed by atoms with Gasteiger partial charge in [0.05, 0.1) is 0 Å². The van der Waals surface area contributed by atoms with E-state index in [9.17, 15) is 0 Å². The van der Waals surface area contributed by atoms with Crippen molar-refractivity contribution in [1.29, 1.82) is 0 Å². The molecule has 0 unspecified atom stereocenters. The molecule has 0 aliphatic rings. The predicted octanol–water partition coefficient (Wildman–Crippen LogP) is 15.9. The Hall–Kier alpha value is -8.34. The van der Waals surface area contributed by atoms with Gasteiger partial charge >= 0.3 is 0 Å². The van der Waals surface area contributed by atoms with Crippen LogP contribution in [0.15, 0.2) is 227 Å². The Kier molecular flexibility index (Phi) is 8.46. The summed E-state index contributed by atoms with van der Waals surface area (Å²) < 4.78 is 12.9. The van der Waals surface area contributed by atoms with Crippen molar-refractivity contribution in [2.24, 2.45) is 0 Å². The van der Waals surface area contributed by atoms with Crippen molar-refractivity contribution in [2.45, 2.75) is 0 Å². The van der Waals surface area contributed by atoms with Crippen LogP contribution in [-0.2, 0) is 0 Å². The van der Waals surface area contributed by atoms with Crippen molar-refractivity contribution < 1.29 is 8.83 Å². The second-order valence-electron chi connectivity index (χ2n) is 15.8. The Morgan fingerprint density at radius 3 is 1.32 bits per heavy atom. The fourth-order valence-corrected chi connectivity index (χ4v) is 8.91. The van der Waals surface area contributed by atoms with Gasteiger partial charge in [0.25, 0.3) is 0 Å². The first-order chi connectivity index (χ1) is 30.7. The van der Waals surface area contributed by atoms with Crippen LogP contribution in [0.2, 0.25) is 0 Å². The summed E-state index contributed by atoms with van der Waals surface area (Å²) in [6.07, 6.45) is 0. The van der Waals surface area contributed by atoms with Crippen molar-refractivity contribution in [2.75, 3.05) is 0 Å². The van der Waals surface area contributed by atoms with Crippen LogP contribution in [0, 0.1) is 0 Å². The Morgan fingerprint density at radius 1 is 0.258 bits per heavy atom. The molecule has 10 aromatic carbocycles. The maximum absolute atomic E-state index is 6.78. The van der Waals surface area contributed by atoms with E-state index in [-0.39, 0.29) is 0 Å². The third kappa shape index (κ3) is 6.25. The summed E-state index contributed by atoms with van der Waals surface area (Å²) in [5.41, 5.74) is 14.8. The number of nitrogens with zero attached hydrogens (tertiary/aromatic N) is 2. The van der Waals surface area contributed by atoms with E-state index >= 15 is 0 Å². The highest BCUT2D eigenvalue weighted by molar-refractivity contribution is 6.12. The molecule has 0 amide bonds. The first-order valence-electron chi connectivity index (χ1n) is 20.9. The fraction of sp³-hybridized carbons (Fsp3) is 0. The summed E-state index contributed by atoms with van der Waals surface area (Å²) in [6.45, 7) is 0. The zero-order valence-electron chi connectivity index (χ0n) is 33.5. The minimum absolute atomic E-state index is 0.474. The zero-order valence-corrected chi connectivity index (χ0v) is 33.5. The van der Waals surface area contributed by atoms with E-state index in [0.29, 0.717) is 11.8 Å². The summed E-state index contributed by atoms with van der Waals surface area (Å²) in [7, 11) is 0. The Balaban J connectivity index is 0.957. The topological polar surface area (TPSA) is 52.1 Å². The molecule has 12 rings (SSSR count). The summed E-state index contributed by atoms with van der Waals surface area (Å²) >= 11 is 0. The lowest BCUT2D eigenvalue weighted by atomic mass is 9.93. The van der Waals surface area contributed by atoms with Crippen LogP contribution < -0.4 is 0 Å². The lowest BCUT2D eigenvalue weighted by Gasteiger charge is -2.11. The lowest BCUT2D eigenvalue weighted by molar-refractivity contribution is 0.584. The molecule has 0 fully saturated rings. The van der Waals surface area contributed by atoms with E-state index in [2.05, 4.69) is 186 Å². The number of hydrogen-bond acceptors (Lipinski definition) is 4. The number of hydrogen-bond donors (Lipinski definition) is 0. The smallest absolute Gasteiger partial charge is 0.248 e. The molecule has 0 radical (unpaired) electrons. The molecule has 4 heteroatoms. The van der Waals surface area contributed by atoms with Crippen LogP contribution in [-0.4, -0.2) is 10.2 Å². The van der Waals surface area contributed by atoms with Gasteiger partial charge in [0.1, 0.15) is 11.2 Å². The largest absolute Gasteiger partial charge is 0.455 e. The molecule has 0 bridgehead atoms. The maximum atomic E-state index is 6.78. The van der Waals surface area contributed by atoms with Crippen LogP contribution >= 0.6 is 0 Å². The monoisotopic (exact) mass is 792 g/mol. The van der Waals surface area contributed by atoms with Gasteiger partial charge in [0.2, 0.25) is 11.8 Å². The molecule has 0 saturated carbocycles. The van der Waals surface area contributed by atoms with Crippen LogP contribution in [0.3, 0.4) is 0 Å². The third-order valence-electron chi connectivity index (χ3n) is 12.1. The van der Waals surface area contributed by atoms with E-state index in [4.69, 9.17) is 8.83 Å². The molecule has 2 aromatic heterocycles. The van der Waals surface area contributed by atoms with Crippen LogP contribution in [0.5, 0.6) is 0 Å². The van der Waals surface area contributed by atoms with Gasteiger partial charge in [-0.05, 0) is 120 Å². The minimum atomic E-state index is 0.474. The molecular formula is C58H36N2O2. The first-order valence-corrected chi connectivity index (χ1v) is 20.9. The normalized spacial score (nSPS) is 11.5. The van der Waals surface area contributed by atoms with Gasteiger partial charge in [0.15, 0.2) is 0 Å². The number of aromatic nitrogens is 2. The summed E-state index contributed by atoms with van der Waals surface area (Å²) in [5, 5.41) is 15.8. The van der Waals surface area contributed by atoms with Crippen LogP contribution in [0.25, 0.3) is 122 Å². The second kappa shape index (κ2) is 14.7. The molecule has 0 atom stereocenters. The second-order valence-corrected chi connectivity index (χ2v) is 15.8. The standard InChI is InChI=1S/C58H36N2O2/c1-2-12-44(13-3-1)57-59-60-58(62-57)45-30-28-43(29-31-45)52-35-47(38-22-26-42(27-23-38)51-19-9-15-40-11-5-7-17-49(40)51)36-54-53-34-46(32-33-55(53)61-56(52)54)37-20-24-41(25-21-37)50-18-8-14-39-10-4-6-16-48(39)50/h1-36H. The fourth-order valence-electron chi connectivity index (χ4n) is 8.91. The number of rotatable bonds is 7. The van der Waals surface area contributed by atoms with Crippen LogP contribution in [0.4, 0.5) is 0 Å². The molecule has 0 aliphatic heterocycles. The van der Waals surface area contributed by atoms with E-state index in [1.54, 1.807) is 0 Å². The molecule has 0 aliphatic carbocycles. The van der Waals surface area contributed by atoms with Crippen molar-refractivity contribution in [3.63, 3.8) is 0 Å². The molecule has 2 heterocycles. The first kappa shape index (κ1) is 35.6. The molecule has 290 valence electrons. The zero-order chi connectivity index (χ0) is 41.0. The van der Waals surface area contributed by atoms with Crippen LogP contribution in [0.1, 0.15) is 0 Å². The van der Waals surface area contributed by atoms with Crippen molar-refractivity contribution >= 4 is 43.5 Å². The quantitative estimate of drug-likeness (QED) is 0.161. The summed E-state index contributed by atoms with van der Waals surface area (Å²) in [5.74, 6) is 0.968. The number of furan rings is 1. The predicted molar refractivity (Wildman–Crippen MR) is 255 cm³/mol.